The average Bonchev–Trinajstić information content (AvgIpc) is 2.74. The summed E-state index contributed by atoms with van der Waals surface area (Å²) in [5.74, 6) is -0.379. The molecular formula is C25H27N3O2. The van der Waals surface area contributed by atoms with Crippen molar-refractivity contribution in [2.45, 2.75) is 20.0 Å². The van der Waals surface area contributed by atoms with Gasteiger partial charge in [0.25, 0.3) is 5.91 Å². The van der Waals surface area contributed by atoms with Crippen molar-refractivity contribution >= 4 is 17.5 Å². The second-order valence-corrected chi connectivity index (χ2v) is 7.42. The summed E-state index contributed by atoms with van der Waals surface area (Å²) in [6, 6.07) is 25.0. The Hall–Kier alpha value is -3.44. The number of carbonyl (C=O) groups is 2. The maximum Gasteiger partial charge on any atom is 0.253 e. The van der Waals surface area contributed by atoms with Crippen LogP contribution in [0.5, 0.6) is 0 Å². The summed E-state index contributed by atoms with van der Waals surface area (Å²) in [6.45, 7) is 3.39. The average molecular weight is 402 g/mol. The van der Waals surface area contributed by atoms with E-state index in [9.17, 15) is 9.59 Å². The zero-order valence-electron chi connectivity index (χ0n) is 17.4. The SMILES string of the molecule is Cc1ccc(CN(C)CC(=O)Nc2ccccc2C(=O)NCc2ccccc2)cc1. The molecule has 2 amide bonds. The van der Waals surface area contributed by atoms with Crippen molar-refractivity contribution in [1.82, 2.24) is 10.2 Å². The van der Waals surface area contributed by atoms with Crippen molar-refractivity contribution in [3.05, 3.63) is 101 Å². The first kappa shape index (κ1) is 21.3. The zero-order chi connectivity index (χ0) is 21.3. The number of likely N-dealkylation sites (N-methyl/N-ethyl adjacent to an activating group) is 1. The molecule has 30 heavy (non-hydrogen) atoms. The van der Waals surface area contributed by atoms with E-state index < -0.39 is 0 Å². The molecule has 5 heteroatoms. The second kappa shape index (κ2) is 10.4. The molecule has 2 N–H and O–H groups in total. The molecule has 3 aromatic carbocycles. The van der Waals surface area contributed by atoms with E-state index in [4.69, 9.17) is 0 Å². The number of amides is 2. The van der Waals surface area contributed by atoms with Crippen molar-refractivity contribution < 1.29 is 9.59 Å². The molecule has 0 heterocycles. The standard InChI is InChI=1S/C25H27N3O2/c1-19-12-14-21(15-13-19)17-28(2)18-24(29)27-23-11-7-6-10-22(23)25(30)26-16-20-8-4-3-5-9-20/h3-15H,16-18H2,1-2H3,(H,26,30)(H,27,29). The molecule has 0 radical (unpaired) electrons. The summed E-state index contributed by atoms with van der Waals surface area (Å²) in [7, 11) is 1.90. The van der Waals surface area contributed by atoms with E-state index >= 15 is 0 Å². The fourth-order valence-electron chi connectivity index (χ4n) is 3.16. The van der Waals surface area contributed by atoms with Crippen molar-refractivity contribution in [1.29, 1.82) is 0 Å². The van der Waals surface area contributed by atoms with Crippen LogP contribution in [0.4, 0.5) is 5.69 Å². The first-order valence-corrected chi connectivity index (χ1v) is 9.96. The lowest BCUT2D eigenvalue weighted by Gasteiger charge is -2.17. The summed E-state index contributed by atoms with van der Waals surface area (Å²) in [5.41, 5.74) is 4.34. The Bertz CT molecular complexity index is 985. The number of aryl methyl sites for hydroxylation is 1. The van der Waals surface area contributed by atoms with E-state index in [1.807, 2.05) is 49.2 Å². The molecule has 0 saturated carbocycles. The van der Waals surface area contributed by atoms with Crippen molar-refractivity contribution in [2.24, 2.45) is 0 Å². The van der Waals surface area contributed by atoms with Crippen LogP contribution in [0.15, 0.2) is 78.9 Å². The molecule has 0 spiro atoms. The predicted molar refractivity (Wildman–Crippen MR) is 120 cm³/mol. The second-order valence-electron chi connectivity index (χ2n) is 7.42. The minimum Gasteiger partial charge on any atom is -0.348 e. The van der Waals surface area contributed by atoms with Gasteiger partial charge in [-0.25, -0.2) is 0 Å². The molecule has 5 nitrogen and oxygen atoms in total. The van der Waals surface area contributed by atoms with E-state index in [2.05, 4.69) is 34.9 Å². The first-order valence-electron chi connectivity index (χ1n) is 9.96. The Morgan fingerprint density at radius 2 is 1.50 bits per heavy atom. The number of para-hydroxylation sites is 1. The van der Waals surface area contributed by atoms with Gasteiger partial charge in [-0.05, 0) is 37.2 Å². The smallest absolute Gasteiger partial charge is 0.253 e. The number of anilines is 1. The highest BCUT2D eigenvalue weighted by Crippen LogP contribution is 2.15. The monoisotopic (exact) mass is 401 g/mol. The van der Waals surface area contributed by atoms with Gasteiger partial charge in [-0.2, -0.15) is 0 Å². The highest BCUT2D eigenvalue weighted by molar-refractivity contribution is 6.04. The Kier molecular flexibility index (Phi) is 7.35. The number of carbonyl (C=O) groups excluding carboxylic acids is 2. The van der Waals surface area contributed by atoms with Gasteiger partial charge in [0.1, 0.15) is 0 Å². The minimum absolute atomic E-state index is 0.159. The number of benzene rings is 3. The molecule has 3 rings (SSSR count). The Morgan fingerprint density at radius 1 is 0.833 bits per heavy atom. The molecule has 0 atom stereocenters. The van der Waals surface area contributed by atoms with Crippen LogP contribution in [-0.2, 0) is 17.9 Å². The number of rotatable bonds is 8. The molecule has 0 aliphatic rings. The van der Waals surface area contributed by atoms with Crippen LogP contribution in [-0.4, -0.2) is 30.3 Å². The lowest BCUT2D eigenvalue weighted by Crippen LogP contribution is -2.31. The van der Waals surface area contributed by atoms with Crippen LogP contribution in [0.1, 0.15) is 27.0 Å². The third-order valence-corrected chi connectivity index (χ3v) is 4.73. The van der Waals surface area contributed by atoms with Gasteiger partial charge >= 0.3 is 0 Å². The van der Waals surface area contributed by atoms with E-state index in [-0.39, 0.29) is 18.4 Å². The summed E-state index contributed by atoms with van der Waals surface area (Å²) < 4.78 is 0. The highest BCUT2D eigenvalue weighted by Gasteiger charge is 2.14. The third-order valence-electron chi connectivity index (χ3n) is 4.73. The van der Waals surface area contributed by atoms with E-state index in [0.717, 1.165) is 11.1 Å². The normalized spacial score (nSPS) is 10.6. The van der Waals surface area contributed by atoms with E-state index in [1.54, 1.807) is 24.3 Å². The largest absolute Gasteiger partial charge is 0.348 e. The van der Waals surface area contributed by atoms with Crippen LogP contribution in [0.25, 0.3) is 0 Å². The van der Waals surface area contributed by atoms with E-state index in [1.165, 1.54) is 5.56 Å². The Morgan fingerprint density at radius 3 is 2.23 bits per heavy atom. The molecule has 0 unspecified atom stereocenters. The fourth-order valence-corrected chi connectivity index (χ4v) is 3.16. The van der Waals surface area contributed by atoms with Crippen LogP contribution < -0.4 is 10.6 Å². The predicted octanol–water partition coefficient (Wildman–Crippen LogP) is 4.00. The molecular weight excluding hydrogens is 374 g/mol. The van der Waals surface area contributed by atoms with Crippen molar-refractivity contribution in [2.75, 3.05) is 18.9 Å². The number of nitrogens with zero attached hydrogens (tertiary/aromatic N) is 1. The van der Waals surface area contributed by atoms with Gasteiger partial charge in [0.05, 0.1) is 17.8 Å². The van der Waals surface area contributed by atoms with Gasteiger partial charge in [0.15, 0.2) is 0 Å². The highest BCUT2D eigenvalue weighted by atomic mass is 16.2. The van der Waals surface area contributed by atoms with Crippen molar-refractivity contribution in [3.63, 3.8) is 0 Å². The van der Waals surface area contributed by atoms with Crippen LogP contribution in [0.3, 0.4) is 0 Å². The Balaban J connectivity index is 1.57. The quantitative estimate of drug-likeness (QED) is 0.600. The van der Waals surface area contributed by atoms with Crippen molar-refractivity contribution in [3.8, 4) is 0 Å². The fraction of sp³-hybridized carbons (Fsp3) is 0.200. The third kappa shape index (κ3) is 6.29. The number of nitrogens with one attached hydrogen (secondary N) is 2. The number of hydrogen-bond donors (Lipinski definition) is 2. The molecule has 0 aliphatic carbocycles. The van der Waals surface area contributed by atoms with Crippen LogP contribution >= 0.6 is 0 Å². The molecule has 0 fully saturated rings. The first-order chi connectivity index (χ1) is 14.5. The molecule has 0 saturated heterocycles. The summed E-state index contributed by atoms with van der Waals surface area (Å²) in [5, 5.41) is 5.78. The van der Waals surface area contributed by atoms with Gasteiger partial charge in [-0.1, -0.05) is 72.3 Å². The van der Waals surface area contributed by atoms with Gasteiger partial charge in [0.2, 0.25) is 5.91 Å². The number of hydrogen-bond acceptors (Lipinski definition) is 3. The van der Waals surface area contributed by atoms with Gasteiger partial charge < -0.3 is 10.6 Å². The van der Waals surface area contributed by atoms with Gasteiger partial charge in [0, 0.05) is 13.1 Å². The molecule has 0 aliphatic heterocycles. The molecule has 0 aromatic heterocycles. The Labute approximate surface area is 177 Å². The lowest BCUT2D eigenvalue weighted by atomic mass is 10.1. The summed E-state index contributed by atoms with van der Waals surface area (Å²) in [6.07, 6.45) is 0. The molecule has 0 bridgehead atoms. The maximum absolute atomic E-state index is 12.6. The van der Waals surface area contributed by atoms with Crippen LogP contribution in [0, 0.1) is 6.92 Å². The van der Waals surface area contributed by atoms with Gasteiger partial charge in [-0.15, -0.1) is 0 Å². The zero-order valence-corrected chi connectivity index (χ0v) is 17.4. The van der Waals surface area contributed by atoms with Crippen LogP contribution in [0.2, 0.25) is 0 Å². The summed E-state index contributed by atoms with van der Waals surface area (Å²) >= 11 is 0. The van der Waals surface area contributed by atoms with Gasteiger partial charge in [-0.3, -0.25) is 14.5 Å². The van der Waals surface area contributed by atoms with E-state index in [0.29, 0.717) is 24.3 Å². The summed E-state index contributed by atoms with van der Waals surface area (Å²) in [4.78, 5) is 27.1. The minimum atomic E-state index is -0.220. The topological polar surface area (TPSA) is 61.4 Å². The lowest BCUT2D eigenvalue weighted by molar-refractivity contribution is -0.117. The molecule has 154 valence electrons. The molecule has 3 aromatic rings. The maximum atomic E-state index is 12.6.